The molecule has 0 saturated heterocycles. The first-order chi connectivity index (χ1) is 7.49. The van der Waals surface area contributed by atoms with Crippen LogP contribution in [0, 0.1) is 3.57 Å². The minimum Gasteiger partial charge on any atom is -0.462 e. The average molecular weight is 343 g/mol. The molecule has 0 unspecified atom stereocenters. The van der Waals surface area contributed by atoms with Crippen LogP contribution in [0.3, 0.4) is 0 Å². The van der Waals surface area contributed by atoms with Crippen molar-refractivity contribution in [3.63, 3.8) is 0 Å². The summed E-state index contributed by atoms with van der Waals surface area (Å²) in [6, 6.07) is 0. The van der Waals surface area contributed by atoms with Gasteiger partial charge in [0.2, 0.25) is 0 Å². The Hall–Kier alpha value is -0.990. The highest BCUT2D eigenvalue weighted by atomic mass is 127. The topological polar surface area (TPSA) is 59.2 Å². The number of H-pyrrole nitrogens is 1. The summed E-state index contributed by atoms with van der Waals surface area (Å²) >= 11 is 1.48. The first kappa shape index (κ1) is 13.1. The Morgan fingerprint density at radius 3 is 2.75 bits per heavy atom. The number of hydrogen-bond donors (Lipinski definition) is 1. The lowest BCUT2D eigenvalue weighted by Crippen LogP contribution is -2.19. The van der Waals surface area contributed by atoms with Gasteiger partial charge in [-0.2, -0.15) is 0 Å². The smallest absolute Gasteiger partial charge is 0.340 e. The van der Waals surface area contributed by atoms with Crippen LogP contribution < -0.4 is 5.56 Å². The number of esters is 1. The van der Waals surface area contributed by atoms with Crippen molar-refractivity contribution < 1.29 is 18.3 Å². The molecule has 0 radical (unpaired) electrons. The predicted molar refractivity (Wildman–Crippen MR) is 60.7 cm³/mol. The molecule has 16 heavy (non-hydrogen) atoms. The van der Waals surface area contributed by atoms with Crippen LogP contribution in [0.25, 0.3) is 0 Å². The predicted octanol–water partition coefficient (Wildman–Crippen LogP) is 2.09. The second-order valence-corrected chi connectivity index (χ2v) is 3.86. The first-order valence-corrected chi connectivity index (χ1v) is 5.43. The third-order valence-corrected chi connectivity index (χ3v) is 2.86. The van der Waals surface area contributed by atoms with Crippen molar-refractivity contribution in [3.05, 3.63) is 31.2 Å². The highest BCUT2D eigenvalue weighted by molar-refractivity contribution is 14.1. The van der Waals surface area contributed by atoms with Crippen LogP contribution in [0.1, 0.15) is 29.3 Å². The molecule has 0 aliphatic rings. The summed E-state index contributed by atoms with van der Waals surface area (Å²) in [5, 5.41) is 0. The van der Waals surface area contributed by atoms with E-state index in [-0.39, 0.29) is 15.7 Å². The Morgan fingerprint density at radius 1 is 1.62 bits per heavy atom. The van der Waals surface area contributed by atoms with Crippen LogP contribution in [0.15, 0.2) is 11.0 Å². The van der Waals surface area contributed by atoms with Crippen molar-refractivity contribution in [2.45, 2.75) is 13.3 Å². The van der Waals surface area contributed by atoms with E-state index >= 15 is 0 Å². The molecule has 1 heterocycles. The van der Waals surface area contributed by atoms with Crippen molar-refractivity contribution in [2.75, 3.05) is 6.61 Å². The van der Waals surface area contributed by atoms with E-state index in [0.29, 0.717) is 0 Å². The molecular formula is C9H8F2INO3. The van der Waals surface area contributed by atoms with Gasteiger partial charge in [-0.15, -0.1) is 0 Å². The van der Waals surface area contributed by atoms with Crippen molar-refractivity contribution in [1.82, 2.24) is 4.98 Å². The van der Waals surface area contributed by atoms with Crippen LogP contribution in [-0.2, 0) is 4.74 Å². The second-order valence-electron chi connectivity index (χ2n) is 2.78. The van der Waals surface area contributed by atoms with Gasteiger partial charge in [0.25, 0.3) is 12.0 Å². The molecule has 0 fully saturated rings. The van der Waals surface area contributed by atoms with E-state index in [2.05, 4.69) is 9.72 Å². The quantitative estimate of drug-likeness (QED) is 0.676. The zero-order chi connectivity index (χ0) is 12.3. The summed E-state index contributed by atoms with van der Waals surface area (Å²) in [7, 11) is 0. The van der Waals surface area contributed by atoms with Gasteiger partial charge in [-0.1, -0.05) is 0 Å². The van der Waals surface area contributed by atoms with Gasteiger partial charge in [-0.25, -0.2) is 13.6 Å². The Kier molecular flexibility index (Phi) is 4.39. The molecule has 88 valence electrons. The summed E-state index contributed by atoms with van der Waals surface area (Å²) in [6.07, 6.45) is -1.95. The van der Waals surface area contributed by atoms with E-state index in [0.717, 1.165) is 6.20 Å². The SMILES string of the molecule is CCOC(=O)c1c[nH]c(=O)c(I)c1C(F)F. The fourth-order valence-corrected chi connectivity index (χ4v) is 1.79. The molecule has 4 nitrogen and oxygen atoms in total. The Morgan fingerprint density at radius 2 is 2.25 bits per heavy atom. The summed E-state index contributed by atoms with van der Waals surface area (Å²) in [6.45, 7) is 1.65. The highest BCUT2D eigenvalue weighted by Gasteiger charge is 2.24. The van der Waals surface area contributed by atoms with Crippen molar-refractivity contribution in [2.24, 2.45) is 0 Å². The summed E-state index contributed by atoms with van der Waals surface area (Å²) < 4.78 is 29.8. The molecule has 7 heteroatoms. The normalized spacial score (nSPS) is 10.6. The Labute approximate surface area is 103 Å². The number of aromatic nitrogens is 1. The molecule has 0 amide bonds. The number of carbonyl (C=O) groups excluding carboxylic acids is 1. The molecule has 1 rings (SSSR count). The van der Waals surface area contributed by atoms with Gasteiger partial charge in [0.1, 0.15) is 0 Å². The van der Waals surface area contributed by atoms with E-state index < -0.39 is 23.5 Å². The standard InChI is InChI=1S/C9H8F2INO3/c1-2-16-9(15)4-3-13-8(14)6(12)5(4)7(10)11/h3,7H,2H2,1H3,(H,13,14). The van der Waals surface area contributed by atoms with E-state index in [4.69, 9.17) is 0 Å². The molecule has 0 aliphatic carbocycles. The van der Waals surface area contributed by atoms with Gasteiger partial charge < -0.3 is 9.72 Å². The van der Waals surface area contributed by atoms with Crippen LogP contribution in [0.4, 0.5) is 8.78 Å². The summed E-state index contributed by atoms with van der Waals surface area (Å²) in [4.78, 5) is 24.7. The van der Waals surface area contributed by atoms with Crippen LogP contribution in [0.2, 0.25) is 0 Å². The van der Waals surface area contributed by atoms with E-state index in [9.17, 15) is 18.4 Å². The summed E-state index contributed by atoms with van der Waals surface area (Å²) in [5.41, 5.74) is -1.53. The second kappa shape index (κ2) is 5.37. The number of carbonyl (C=O) groups is 1. The van der Waals surface area contributed by atoms with Crippen molar-refractivity contribution >= 4 is 28.6 Å². The van der Waals surface area contributed by atoms with Crippen LogP contribution >= 0.6 is 22.6 Å². The van der Waals surface area contributed by atoms with Gasteiger partial charge in [-0.05, 0) is 29.5 Å². The maximum atomic E-state index is 12.7. The number of rotatable bonds is 3. The number of halogens is 3. The third-order valence-electron chi connectivity index (χ3n) is 1.79. The molecule has 0 saturated carbocycles. The molecule has 0 aliphatic heterocycles. The third kappa shape index (κ3) is 2.57. The number of ether oxygens (including phenoxy) is 1. The minimum absolute atomic E-state index is 0.0806. The monoisotopic (exact) mass is 343 g/mol. The van der Waals surface area contributed by atoms with Crippen molar-refractivity contribution in [1.29, 1.82) is 0 Å². The van der Waals surface area contributed by atoms with Crippen molar-refractivity contribution in [3.8, 4) is 0 Å². The lowest BCUT2D eigenvalue weighted by molar-refractivity contribution is 0.0514. The van der Waals surface area contributed by atoms with E-state index in [1.165, 1.54) is 22.6 Å². The fourth-order valence-electron chi connectivity index (χ4n) is 1.11. The van der Waals surface area contributed by atoms with E-state index in [1.807, 2.05) is 0 Å². The molecular weight excluding hydrogens is 335 g/mol. The van der Waals surface area contributed by atoms with Gasteiger partial charge in [-0.3, -0.25) is 4.79 Å². The largest absolute Gasteiger partial charge is 0.462 e. The molecule has 1 aromatic heterocycles. The van der Waals surface area contributed by atoms with Gasteiger partial charge in [0.05, 0.1) is 21.3 Å². The molecule has 1 aromatic rings. The number of nitrogens with one attached hydrogen (secondary N) is 1. The highest BCUT2D eigenvalue weighted by Crippen LogP contribution is 2.25. The van der Waals surface area contributed by atoms with Crippen LogP contribution in [0.5, 0.6) is 0 Å². The lowest BCUT2D eigenvalue weighted by atomic mass is 10.1. The summed E-state index contributed by atoms with van der Waals surface area (Å²) in [5.74, 6) is -0.869. The number of pyridine rings is 1. The number of hydrogen-bond acceptors (Lipinski definition) is 3. The lowest BCUT2D eigenvalue weighted by Gasteiger charge is -2.08. The first-order valence-electron chi connectivity index (χ1n) is 4.35. The fraction of sp³-hybridized carbons (Fsp3) is 0.333. The van der Waals surface area contributed by atoms with Gasteiger partial charge >= 0.3 is 5.97 Å². The molecule has 0 aromatic carbocycles. The maximum absolute atomic E-state index is 12.7. The maximum Gasteiger partial charge on any atom is 0.340 e. The molecule has 0 bridgehead atoms. The zero-order valence-corrected chi connectivity index (χ0v) is 10.4. The molecule has 0 spiro atoms. The van der Waals surface area contributed by atoms with Gasteiger partial charge in [0, 0.05) is 6.20 Å². The average Bonchev–Trinajstić information content (AvgIpc) is 2.21. The number of aromatic amines is 1. The zero-order valence-electron chi connectivity index (χ0n) is 8.22. The minimum atomic E-state index is -2.89. The number of alkyl halides is 2. The van der Waals surface area contributed by atoms with E-state index in [1.54, 1.807) is 6.92 Å². The Balaban J connectivity index is 3.34. The van der Waals surface area contributed by atoms with Gasteiger partial charge in [0.15, 0.2) is 0 Å². The molecule has 1 N–H and O–H groups in total. The Bertz CT molecular complexity index is 459. The molecule has 0 atom stereocenters. The van der Waals surface area contributed by atoms with Crippen LogP contribution in [-0.4, -0.2) is 17.6 Å².